The predicted octanol–water partition coefficient (Wildman–Crippen LogP) is 2.80. The molecule has 1 aliphatic carbocycles. The molecule has 0 bridgehead atoms. The number of nitrogens with two attached hydrogens (primary N) is 1. The minimum atomic E-state index is 0.0582. The molecule has 0 radical (unpaired) electrons. The average Bonchev–Trinajstić information content (AvgIpc) is 2.91. The van der Waals surface area contributed by atoms with Crippen molar-refractivity contribution in [3.8, 4) is 5.69 Å². The van der Waals surface area contributed by atoms with Gasteiger partial charge < -0.3 is 10.5 Å². The Kier molecular flexibility index (Phi) is 4.50. The van der Waals surface area contributed by atoms with E-state index < -0.39 is 0 Å². The van der Waals surface area contributed by atoms with Crippen molar-refractivity contribution in [2.45, 2.75) is 58.1 Å². The maximum atomic E-state index is 6.28. The summed E-state index contributed by atoms with van der Waals surface area (Å²) in [6, 6.07) is 6.50. The zero-order valence-corrected chi connectivity index (χ0v) is 14.4. The molecule has 3 atom stereocenters. The number of hydrogen-bond donors (Lipinski definition) is 1. The first-order valence-electron chi connectivity index (χ1n) is 8.29. The van der Waals surface area contributed by atoms with Crippen molar-refractivity contribution in [1.82, 2.24) is 14.8 Å². The summed E-state index contributed by atoms with van der Waals surface area (Å²) in [5.41, 5.74) is 9.83. The van der Waals surface area contributed by atoms with E-state index in [1.54, 1.807) is 7.11 Å². The Morgan fingerprint density at radius 1 is 1.22 bits per heavy atom. The first-order valence-corrected chi connectivity index (χ1v) is 8.29. The van der Waals surface area contributed by atoms with Crippen LogP contribution in [0.4, 0.5) is 0 Å². The number of aromatic nitrogens is 3. The third-order valence-corrected chi connectivity index (χ3v) is 4.83. The quantitative estimate of drug-likeness (QED) is 0.946. The molecule has 1 aliphatic rings. The van der Waals surface area contributed by atoms with Gasteiger partial charge in [-0.2, -0.15) is 5.10 Å². The van der Waals surface area contributed by atoms with Crippen LogP contribution in [0.25, 0.3) is 5.69 Å². The number of benzene rings is 1. The molecule has 1 fully saturated rings. The molecule has 0 aliphatic heterocycles. The van der Waals surface area contributed by atoms with E-state index in [-0.39, 0.29) is 12.1 Å². The molecular formula is C18H26N4O. The number of aryl methyl sites for hydroxylation is 3. The normalized spacial score (nSPS) is 24.8. The Balaban J connectivity index is 1.97. The van der Waals surface area contributed by atoms with E-state index in [2.05, 4.69) is 37.1 Å². The average molecular weight is 314 g/mol. The molecule has 0 amide bonds. The van der Waals surface area contributed by atoms with Crippen LogP contribution in [0.3, 0.4) is 0 Å². The number of methoxy groups -OCH3 is 1. The standard InChI is InChI=1S/C18H26N4O/c1-11-5-6-12(2)16(9-11)22-18(20-13(3)21-22)14-7-8-17(23-4)15(19)10-14/h5-6,9,14-15,17H,7-8,10,19H2,1-4H3/t14-,15+,17+/m0/s1. The number of nitrogens with zero attached hydrogens (tertiary/aromatic N) is 3. The van der Waals surface area contributed by atoms with Crippen LogP contribution >= 0.6 is 0 Å². The van der Waals surface area contributed by atoms with E-state index in [1.807, 2.05) is 11.6 Å². The first-order chi connectivity index (χ1) is 11.0. The first kappa shape index (κ1) is 16.1. The van der Waals surface area contributed by atoms with Gasteiger partial charge in [0.15, 0.2) is 0 Å². The molecule has 1 saturated carbocycles. The Hall–Kier alpha value is -1.72. The van der Waals surface area contributed by atoms with Crippen molar-refractivity contribution in [2.75, 3.05) is 7.11 Å². The molecule has 2 N–H and O–H groups in total. The van der Waals surface area contributed by atoms with Crippen molar-refractivity contribution in [3.05, 3.63) is 41.0 Å². The summed E-state index contributed by atoms with van der Waals surface area (Å²) >= 11 is 0. The summed E-state index contributed by atoms with van der Waals surface area (Å²) < 4.78 is 7.49. The summed E-state index contributed by atoms with van der Waals surface area (Å²) in [5.74, 6) is 2.17. The molecule has 1 aromatic carbocycles. The van der Waals surface area contributed by atoms with Crippen molar-refractivity contribution in [1.29, 1.82) is 0 Å². The van der Waals surface area contributed by atoms with E-state index in [0.29, 0.717) is 5.92 Å². The molecule has 1 heterocycles. The smallest absolute Gasteiger partial charge is 0.148 e. The van der Waals surface area contributed by atoms with Gasteiger partial charge in [-0.15, -0.1) is 0 Å². The molecule has 5 heteroatoms. The molecule has 23 heavy (non-hydrogen) atoms. The molecule has 0 saturated heterocycles. The lowest BCUT2D eigenvalue weighted by atomic mass is 9.83. The molecular weight excluding hydrogens is 288 g/mol. The second-order valence-electron chi connectivity index (χ2n) is 6.67. The van der Waals surface area contributed by atoms with Gasteiger partial charge in [-0.05, 0) is 57.2 Å². The van der Waals surface area contributed by atoms with Crippen molar-refractivity contribution < 1.29 is 4.74 Å². The Morgan fingerprint density at radius 3 is 2.70 bits per heavy atom. The van der Waals surface area contributed by atoms with Crippen molar-refractivity contribution >= 4 is 0 Å². The van der Waals surface area contributed by atoms with Crippen molar-refractivity contribution in [2.24, 2.45) is 5.73 Å². The molecule has 0 spiro atoms. The molecule has 0 unspecified atom stereocenters. The number of rotatable bonds is 3. The van der Waals surface area contributed by atoms with Crippen LogP contribution in [0.2, 0.25) is 0 Å². The second kappa shape index (κ2) is 6.42. The topological polar surface area (TPSA) is 66.0 Å². The Morgan fingerprint density at radius 2 is 2.00 bits per heavy atom. The minimum absolute atomic E-state index is 0.0582. The summed E-state index contributed by atoms with van der Waals surface area (Å²) in [6.45, 7) is 6.17. The van der Waals surface area contributed by atoms with Gasteiger partial charge in [0.2, 0.25) is 0 Å². The summed E-state index contributed by atoms with van der Waals surface area (Å²) in [5, 5.41) is 4.66. The fraction of sp³-hybridized carbons (Fsp3) is 0.556. The summed E-state index contributed by atoms with van der Waals surface area (Å²) in [6.07, 6.45) is 3.06. The van der Waals surface area contributed by atoms with Crippen LogP contribution in [-0.2, 0) is 4.74 Å². The molecule has 124 valence electrons. The lowest BCUT2D eigenvalue weighted by molar-refractivity contribution is 0.0482. The molecule has 1 aromatic heterocycles. The van der Waals surface area contributed by atoms with Gasteiger partial charge in [-0.3, -0.25) is 0 Å². The molecule has 2 aromatic rings. The highest BCUT2D eigenvalue weighted by Crippen LogP contribution is 2.34. The van der Waals surface area contributed by atoms with E-state index >= 15 is 0 Å². The third-order valence-electron chi connectivity index (χ3n) is 4.83. The van der Waals surface area contributed by atoms with Gasteiger partial charge in [0.1, 0.15) is 11.6 Å². The van der Waals surface area contributed by atoms with E-state index in [4.69, 9.17) is 15.5 Å². The fourth-order valence-corrected chi connectivity index (χ4v) is 3.53. The SMILES string of the molecule is CO[C@@H]1CC[C@H](c2nc(C)nn2-c2cc(C)ccc2C)C[C@H]1N. The zero-order valence-electron chi connectivity index (χ0n) is 14.4. The predicted molar refractivity (Wildman–Crippen MR) is 90.9 cm³/mol. The molecule has 5 nitrogen and oxygen atoms in total. The van der Waals surface area contributed by atoms with E-state index in [1.165, 1.54) is 11.1 Å². The highest BCUT2D eigenvalue weighted by atomic mass is 16.5. The van der Waals surface area contributed by atoms with Crippen LogP contribution in [0.15, 0.2) is 18.2 Å². The summed E-state index contributed by atoms with van der Waals surface area (Å²) in [4.78, 5) is 4.72. The monoisotopic (exact) mass is 314 g/mol. The van der Waals surface area contributed by atoms with Gasteiger partial charge in [0, 0.05) is 19.1 Å². The number of ether oxygens (including phenoxy) is 1. The zero-order chi connectivity index (χ0) is 16.6. The van der Waals surface area contributed by atoms with Gasteiger partial charge in [-0.25, -0.2) is 9.67 Å². The lowest BCUT2D eigenvalue weighted by Gasteiger charge is -2.32. The van der Waals surface area contributed by atoms with Gasteiger partial charge in [0.05, 0.1) is 11.8 Å². The maximum absolute atomic E-state index is 6.28. The summed E-state index contributed by atoms with van der Waals surface area (Å²) in [7, 11) is 1.74. The van der Waals surface area contributed by atoms with Crippen LogP contribution in [-0.4, -0.2) is 34.0 Å². The highest BCUT2D eigenvalue weighted by molar-refractivity contribution is 5.43. The lowest BCUT2D eigenvalue weighted by Crippen LogP contribution is -2.41. The largest absolute Gasteiger partial charge is 0.380 e. The number of hydrogen-bond acceptors (Lipinski definition) is 4. The van der Waals surface area contributed by atoms with Crippen molar-refractivity contribution in [3.63, 3.8) is 0 Å². The van der Waals surface area contributed by atoms with E-state index in [0.717, 1.165) is 36.6 Å². The Bertz CT molecular complexity index is 694. The third kappa shape index (κ3) is 3.16. The highest BCUT2D eigenvalue weighted by Gasteiger charge is 2.32. The van der Waals surface area contributed by atoms with Crippen LogP contribution in [0.1, 0.15) is 48.0 Å². The van der Waals surface area contributed by atoms with Crippen LogP contribution < -0.4 is 5.73 Å². The maximum Gasteiger partial charge on any atom is 0.148 e. The van der Waals surface area contributed by atoms with Gasteiger partial charge in [0.25, 0.3) is 0 Å². The fourth-order valence-electron chi connectivity index (χ4n) is 3.53. The Labute approximate surface area is 137 Å². The second-order valence-corrected chi connectivity index (χ2v) is 6.67. The minimum Gasteiger partial charge on any atom is -0.380 e. The van der Waals surface area contributed by atoms with Crippen LogP contribution in [0.5, 0.6) is 0 Å². The van der Waals surface area contributed by atoms with Gasteiger partial charge >= 0.3 is 0 Å². The van der Waals surface area contributed by atoms with E-state index in [9.17, 15) is 0 Å². The van der Waals surface area contributed by atoms with Gasteiger partial charge in [-0.1, -0.05) is 12.1 Å². The molecule has 3 rings (SSSR count). The van der Waals surface area contributed by atoms with Crippen LogP contribution in [0, 0.1) is 20.8 Å².